The zero-order valence-corrected chi connectivity index (χ0v) is 16.1. The number of nitrogens with one attached hydrogen (secondary N) is 1. The molecule has 0 aliphatic carbocycles. The van der Waals surface area contributed by atoms with Gasteiger partial charge in [0, 0.05) is 22.7 Å². The highest BCUT2D eigenvalue weighted by molar-refractivity contribution is 7.11. The lowest BCUT2D eigenvalue weighted by Gasteiger charge is -2.03. The minimum absolute atomic E-state index is 0.271. The van der Waals surface area contributed by atoms with Crippen LogP contribution in [0.1, 0.15) is 10.6 Å². The van der Waals surface area contributed by atoms with Crippen molar-refractivity contribution in [1.29, 1.82) is 5.26 Å². The molecular weight excluding hydrogens is 389 g/mol. The molecule has 142 valence electrons. The molecule has 0 aliphatic heterocycles. The molecule has 5 nitrogen and oxygen atoms in total. The molecule has 4 aromatic rings. The number of anilines is 1. The molecule has 0 aliphatic rings. The highest BCUT2D eigenvalue weighted by Gasteiger charge is 2.13. The lowest BCUT2D eigenvalue weighted by molar-refractivity contribution is 0.563. The summed E-state index contributed by atoms with van der Waals surface area (Å²) in [6.07, 6.45) is 1.47. The van der Waals surface area contributed by atoms with Crippen LogP contribution in [0, 0.1) is 24.1 Å². The largest absolute Gasteiger partial charge is 0.422 e. The number of fused-ring (bicyclic) bond motifs is 1. The molecular formula is C22H14FN3O2S. The summed E-state index contributed by atoms with van der Waals surface area (Å²) in [4.78, 5) is 16.7. The van der Waals surface area contributed by atoms with Crippen LogP contribution in [0.2, 0.25) is 0 Å². The van der Waals surface area contributed by atoms with Gasteiger partial charge in [0.15, 0.2) is 0 Å². The predicted octanol–water partition coefficient (Wildman–Crippen LogP) is 5.34. The minimum Gasteiger partial charge on any atom is -0.422 e. The quantitative estimate of drug-likeness (QED) is 0.367. The Balaban J connectivity index is 1.65. The van der Waals surface area contributed by atoms with E-state index < -0.39 is 5.63 Å². The van der Waals surface area contributed by atoms with E-state index in [9.17, 15) is 14.4 Å². The van der Waals surface area contributed by atoms with Gasteiger partial charge in [0.2, 0.25) is 0 Å². The third-order valence-electron chi connectivity index (χ3n) is 4.33. The number of benzene rings is 2. The van der Waals surface area contributed by atoms with Gasteiger partial charge in [-0.05, 0) is 36.8 Å². The van der Waals surface area contributed by atoms with Crippen LogP contribution in [0.3, 0.4) is 0 Å². The number of nitriles is 1. The van der Waals surface area contributed by atoms with Gasteiger partial charge in [0.25, 0.3) is 0 Å². The van der Waals surface area contributed by atoms with Crippen molar-refractivity contribution in [3.63, 3.8) is 0 Å². The van der Waals surface area contributed by atoms with Crippen molar-refractivity contribution in [2.24, 2.45) is 0 Å². The Morgan fingerprint density at radius 2 is 2.10 bits per heavy atom. The molecule has 2 aromatic heterocycles. The lowest BCUT2D eigenvalue weighted by atomic mass is 10.1. The van der Waals surface area contributed by atoms with Crippen LogP contribution in [0.4, 0.5) is 10.1 Å². The smallest absolute Gasteiger partial charge is 0.345 e. The second-order valence-electron chi connectivity index (χ2n) is 6.30. The Morgan fingerprint density at radius 3 is 2.90 bits per heavy atom. The molecule has 29 heavy (non-hydrogen) atoms. The fourth-order valence-electron chi connectivity index (χ4n) is 2.74. The number of rotatable bonds is 4. The first-order valence-corrected chi connectivity index (χ1v) is 9.55. The SMILES string of the molecule is Cc1ccc(N/C=C(\C#N)c2nc(-c3cc4ccccc4oc3=O)cs2)cc1F. The molecule has 0 saturated carbocycles. The Labute approximate surface area is 169 Å². The molecule has 1 N–H and O–H groups in total. The standard InChI is InChI=1S/C22H14FN3O2S/c1-13-6-7-16(9-18(13)23)25-11-15(10-24)21-26-19(12-29-21)17-8-14-4-2-3-5-20(14)28-22(17)27/h2-9,11-12,25H,1H3/b15-11+. The molecule has 0 saturated heterocycles. The number of hydrogen-bond donors (Lipinski definition) is 1. The molecule has 0 amide bonds. The normalized spacial score (nSPS) is 11.4. The maximum absolute atomic E-state index is 13.7. The first kappa shape index (κ1) is 18.6. The summed E-state index contributed by atoms with van der Waals surface area (Å²) in [5.74, 6) is -0.332. The van der Waals surface area contributed by atoms with Gasteiger partial charge in [-0.2, -0.15) is 5.26 Å². The zero-order chi connectivity index (χ0) is 20.4. The van der Waals surface area contributed by atoms with Gasteiger partial charge in [-0.15, -0.1) is 11.3 Å². The minimum atomic E-state index is -0.490. The molecule has 7 heteroatoms. The highest BCUT2D eigenvalue weighted by Crippen LogP contribution is 2.26. The maximum atomic E-state index is 13.7. The van der Waals surface area contributed by atoms with Gasteiger partial charge in [-0.3, -0.25) is 0 Å². The van der Waals surface area contributed by atoms with Gasteiger partial charge in [0.1, 0.15) is 28.1 Å². The van der Waals surface area contributed by atoms with Gasteiger partial charge in [0.05, 0.1) is 11.3 Å². The topological polar surface area (TPSA) is 78.9 Å². The predicted molar refractivity (Wildman–Crippen MR) is 112 cm³/mol. The van der Waals surface area contributed by atoms with Crippen LogP contribution in [0.15, 0.2) is 69.3 Å². The number of nitrogens with zero attached hydrogens (tertiary/aromatic N) is 2. The van der Waals surface area contributed by atoms with Crippen molar-refractivity contribution in [2.75, 3.05) is 5.32 Å². The molecule has 2 heterocycles. The van der Waals surface area contributed by atoms with Gasteiger partial charge < -0.3 is 9.73 Å². The summed E-state index contributed by atoms with van der Waals surface area (Å²) < 4.78 is 19.0. The van der Waals surface area contributed by atoms with Crippen LogP contribution < -0.4 is 10.9 Å². The number of aryl methyl sites for hydroxylation is 1. The summed E-state index contributed by atoms with van der Waals surface area (Å²) in [5.41, 5.74) is 2.11. The van der Waals surface area contributed by atoms with E-state index in [1.807, 2.05) is 12.1 Å². The van der Waals surface area contributed by atoms with E-state index >= 15 is 0 Å². The number of allylic oxidation sites excluding steroid dienone is 1. The molecule has 0 atom stereocenters. The molecule has 0 radical (unpaired) electrons. The summed E-state index contributed by atoms with van der Waals surface area (Å²) in [5, 5.41) is 15.3. The third-order valence-corrected chi connectivity index (χ3v) is 5.20. The van der Waals surface area contributed by atoms with E-state index in [-0.39, 0.29) is 11.4 Å². The Hall–Kier alpha value is -3.76. The van der Waals surface area contributed by atoms with Crippen molar-refractivity contribution in [2.45, 2.75) is 6.92 Å². The van der Waals surface area contributed by atoms with E-state index in [2.05, 4.69) is 16.4 Å². The fourth-order valence-corrected chi connectivity index (χ4v) is 3.53. The maximum Gasteiger partial charge on any atom is 0.345 e. The van der Waals surface area contributed by atoms with E-state index in [1.165, 1.54) is 23.6 Å². The Bertz CT molecular complexity index is 1350. The van der Waals surface area contributed by atoms with Gasteiger partial charge >= 0.3 is 5.63 Å². The summed E-state index contributed by atoms with van der Waals surface area (Å²) >= 11 is 1.24. The number of hydrogen-bond acceptors (Lipinski definition) is 6. The molecule has 0 spiro atoms. The third kappa shape index (κ3) is 3.79. The van der Waals surface area contributed by atoms with Crippen molar-refractivity contribution >= 4 is 33.6 Å². The van der Waals surface area contributed by atoms with Crippen molar-refractivity contribution in [3.05, 3.63) is 86.9 Å². The summed E-state index contributed by atoms with van der Waals surface area (Å²) in [6.45, 7) is 1.68. The average Bonchev–Trinajstić information content (AvgIpc) is 3.20. The second-order valence-corrected chi connectivity index (χ2v) is 7.16. The first-order chi connectivity index (χ1) is 14.0. The number of para-hydroxylation sites is 1. The van der Waals surface area contributed by atoms with Gasteiger partial charge in [-0.25, -0.2) is 14.2 Å². The van der Waals surface area contributed by atoms with Crippen LogP contribution in [-0.4, -0.2) is 4.98 Å². The Morgan fingerprint density at radius 1 is 1.28 bits per heavy atom. The molecule has 2 aromatic carbocycles. The van der Waals surface area contributed by atoms with Crippen LogP contribution >= 0.6 is 11.3 Å². The van der Waals surface area contributed by atoms with E-state index in [0.29, 0.717) is 33.1 Å². The van der Waals surface area contributed by atoms with E-state index in [4.69, 9.17) is 4.42 Å². The molecule has 0 fully saturated rings. The zero-order valence-electron chi connectivity index (χ0n) is 15.3. The number of thiazole rings is 1. The fraction of sp³-hybridized carbons (Fsp3) is 0.0455. The van der Waals surface area contributed by atoms with Crippen molar-refractivity contribution in [3.8, 4) is 17.3 Å². The van der Waals surface area contributed by atoms with Crippen molar-refractivity contribution < 1.29 is 8.81 Å². The number of aromatic nitrogens is 1. The van der Waals surface area contributed by atoms with Crippen LogP contribution in [-0.2, 0) is 0 Å². The monoisotopic (exact) mass is 403 g/mol. The molecule has 0 bridgehead atoms. The molecule has 0 unspecified atom stereocenters. The van der Waals surface area contributed by atoms with Crippen LogP contribution in [0.25, 0.3) is 27.8 Å². The molecule has 4 rings (SSSR count). The second kappa shape index (κ2) is 7.70. The number of halogens is 1. The summed E-state index contributed by atoms with van der Waals surface area (Å²) in [6, 6.07) is 15.7. The summed E-state index contributed by atoms with van der Waals surface area (Å²) in [7, 11) is 0. The average molecular weight is 403 g/mol. The van der Waals surface area contributed by atoms with Crippen molar-refractivity contribution in [1.82, 2.24) is 4.98 Å². The lowest BCUT2D eigenvalue weighted by Crippen LogP contribution is -2.02. The highest BCUT2D eigenvalue weighted by atomic mass is 32.1. The van der Waals surface area contributed by atoms with E-state index in [1.54, 1.807) is 42.6 Å². The van der Waals surface area contributed by atoms with Crippen LogP contribution in [0.5, 0.6) is 0 Å². The van der Waals surface area contributed by atoms with E-state index in [0.717, 1.165) is 5.39 Å². The van der Waals surface area contributed by atoms with Gasteiger partial charge in [-0.1, -0.05) is 24.3 Å². The Kier molecular flexibility index (Phi) is 4.94. The first-order valence-electron chi connectivity index (χ1n) is 8.67.